The zero-order chi connectivity index (χ0) is 7.56. The van der Waals surface area contributed by atoms with Crippen molar-refractivity contribution in [1.29, 1.82) is 0 Å². The first kappa shape index (κ1) is 7.61. The van der Waals surface area contributed by atoms with Crippen molar-refractivity contribution in [2.45, 2.75) is 13.8 Å². The van der Waals surface area contributed by atoms with Crippen LogP contribution in [0.15, 0.2) is 11.4 Å². The van der Waals surface area contributed by atoms with Crippen molar-refractivity contribution in [3.8, 4) is 0 Å². The Hall–Kier alpha value is -0.500. The van der Waals surface area contributed by atoms with Crippen LogP contribution in [0.25, 0.3) is 0 Å². The van der Waals surface area contributed by atoms with Gasteiger partial charge in [0.2, 0.25) is 0 Å². The molecular weight excluding hydrogens is 142 g/mol. The lowest BCUT2D eigenvalue weighted by Gasteiger charge is -2.14. The predicted molar refractivity (Wildman–Crippen MR) is 48.0 cm³/mol. The van der Waals surface area contributed by atoms with Crippen LogP contribution in [0.4, 0.5) is 5.00 Å². The van der Waals surface area contributed by atoms with E-state index in [9.17, 15) is 0 Å². The van der Waals surface area contributed by atoms with E-state index in [1.807, 2.05) is 11.3 Å². The van der Waals surface area contributed by atoms with Gasteiger partial charge in [0, 0.05) is 13.6 Å². The zero-order valence-corrected chi connectivity index (χ0v) is 7.53. The molecule has 0 aliphatic carbocycles. The normalized spacial score (nSPS) is 9.90. The van der Waals surface area contributed by atoms with Gasteiger partial charge in [-0.15, -0.1) is 11.3 Å². The van der Waals surface area contributed by atoms with Crippen LogP contribution in [0.3, 0.4) is 0 Å². The molecule has 0 aromatic carbocycles. The molecule has 0 bridgehead atoms. The fraction of sp³-hybridized carbons (Fsp3) is 0.500. The first-order chi connectivity index (χ1) is 4.75. The quantitative estimate of drug-likeness (QED) is 0.634. The van der Waals surface area contributed by atoms with E-state index in [1.165, 1.54) is 10.6 Å². The van der Waals surface area contributed by atoms with E-state index < -0.39 is 0 Å². The van der Waals surface area contributed by atoms with E-state index in [4.69, 9.17) is 0 Å². The highest BCUT2D eigenvalue weighted by Crippen LogP contribution is 2.24. The van der Waals surface area contributed by atoms with E-state index in [-0.39, 0.29) is 0 Å². The maximum Gasteiger partial charge on any atom is 0.0935 e. The lowest BCUT2D eigenvalue weighted by Crippen LogP contribution is -2.14. The molecule has 2 heteroatoms. The average molecular weight is 155 g/mol. The van der Waals surface area contributed by atoms with Crippen LogP contribution in [0, 0.1) is 6.92 Å². The number of aryl methyl sites for hydroxylation is 1. The molecule has 0 saturated carbocycles. The topological polar surface area (TPSA) is 3.24 Å². The molecule has 0 radical (unpaired) electrons. The third-order valence-electron chi connectivity index (χ3n) is 1.66. The van der Waals surface area contributed by atoms with Gasteiger partial charge in [0.15, 0.2) is 0 Å². The Morgan fingerprint density at radius 1 is 1.60 bits per heavy atom. The summed E-state index contributed by atoms with van der Waals surface area (Å²) in [7, 11) is 2.12. The first-order valence-corrected chi connectivity index (χ1v) is 4.39. The molecule has 0 N–H and O–H groups in total. The van der Waals surface area contributed by atoms with Crippen LogP contribution in [-0.2, 0) is 0 Å². The van der Waals surface area contributed by atoms with Gasteiger partial charge in [-0.3, -0.25) is 0 Å². The Kier molecular flexibility index (Phi) is 2.33. The molecule has 56 valence electrons. The van der Waals surface area contributed by atoms with Gasteiger partial charge < -0.3 is 4.90 Å². The summed E-state index contributed by atoms with van der Waals surface area (Å²) in [6.07, 6.45) is 0. The number of rotatable bonds is 2. The summed E-state index contributed by atoms with van der Waals surface area (Å²) >= 11 is 1.81. The van der Waals surface area contributed by atoms with Gasteiger partial charge in [0.1, 0.15) is 0 Å². The Balaban J connectivity index is 2.82. The molecule has 1 aromatic rings. The minimum Gasteiger partial charge on any atom is -0.367 e. The van der Waals surface area contributed by atoms with Gasteiger partial charge >= 0.3 is 0 Å². The standard InChI is InChI=1S/C8H13NS/c1-4-9(3)8-7(2)5-6-10-8/h5-6H,4H2,1-3H3. The van der Waals surface area contributed by atoms with Crippen LogP contribution >= 0.6 is 11.3 Å². The lowest BCUT2D eigenvalue weighted by molar-refractivity contribution is 0.976. The van der Waals surface area contributed by atoms with Gasteiger partial charge in [-0.25, -0.2) is 0 Å². The fourth-order valence-electron chi connectivity index (χ4n) is 0.899. The number of thiophene rings is 1. The summed E-state index contributed by atoms with van der Waals surface area (Å²) in [5, 5.41) is 3.53. The van der Waals surface area contributed by atoms with E-state index in [0.717, 1.165) is 6.54 Å². The smallest absolute Gasteiger partial charge is 0.0935 e. The van der Waals surface area contributed by atoms with Crippen molar-refractivity contribution in [2.24, 2.45) is 0 Å². The van der Waals surface area contributed by atoms with Crippen molar-refractivity contribution in [2.75, 3.05) is 18.5 Å². The molecule has 1 nitrogen and oxygen atoms in total. The monoisotopic (exact) mass is 155 g/mol. The molecule has 0 spiro atoms. The van der Waals surface area contributed by atoms with E-state index >= 15 is 0 Å². The summed E-state index contributed by atoms with van der Waals surface area (Å²) in [4.78, 5) is 2.26. The largest absolute Gasteiger partial charge is 0.367 e. The number of hydrogen-bond acceptors (Lipinski definition) is 2. The minimum atomic E-state index is 1.08. The highest BCUT2D eigenvalue weighted by atomic mass is 32.1. The molecular formula is C8H13NS. The Bertz CT molecular complexity index is 205. The lowest BCUT2D eigenvalue weighted by atomic mass is 10.3. The molecule has 0 saturated heterocycles. The van der Waals surface area contributed by atoms with Crippen LogP contribution in [0.1, 0.15) is 12.5 Å². The highest BCUT2D eigenvalue weighted by Gasteiger charge is 2.01. The van der Waals surface area contributed by atoms with Crippen molar-refractivity contribution in [3.63, 3.8) is 0 Å². The third-order valence-corrected chi connectivity index (χ3v) is 2.79. The SMILES string of the molecule is CCN(C)c1sccc1C. The van der Waals surface area contributed by atoms with E-state index in [1.54, 1.807) is 0 Å². The van der Waals surface area contributed by atoms with Crippen molar-refractivity contribution < 1.29 is 0 Å². The second-order valence-corrected chi connectivity index (χ2v) is 3.32. The second kappa shape index (κ2) is 3.06. The first-order valence-electron chi connectivity index (χ1n) is 3.51. The molecule has 0 aliphatic heterocycles. The molecule has 0 fully saturated rings. The summed E-state index contributed by atoms with van der Waals surface area (Å²) in [6.45, 7) is 5.40. The van der Waals surface area contributed by atoms with E-state index in [0.29, 0.717) is 0 Å². The predicted octanol–water partition coefficient (Wildman–Crippen LogP) is 2.51. The average Bonchev–Trinajstić information content (AvgIpc) is 2.34. The molecule has 1 heterocycles. The van der Waals surface area contributed by atoms with Crippen LogP contribution in [0.2, 0.25) is 0 Å². The maximum atomic E-state index is 2.26. The molecule has 1 rings (SSSR count). The van der Waals surface area contributed by atoms with Crippen molar-refractivity contribution in [1.82, 2.24) is 0 Å². The summed E-state index contributed by atoms with van der Waals surface area (Å²) in [5.41, 5.74) is 1.38. The summed E-state index contributed by atoms with van der Waals surface area (Å²) in [5.74, 6) is 0. The summed E-state index contributed by atoms with van der Waals surface area (Å²) in [6, 6.07) is 2.16. The van der Waals surface area contributed by atoms with Gasteiger partial charge in [0.25, 0.3) is 0 Å². The van der Waals surface area contributed by atoms with Crippen molar-refractivity contribution in [3.05, 3.63) is 17.0 Å². The van der Waals surface area contributed by atoms with Crippen LogP contribution in [-0.4, -0.2) is 13.6 Å². The zero-order valence-electron chi connectivity index (χ0n) is 6.72. The number of nitrogens with zero attached hydrogens (tertiary/aromatic N) is 1. The highest BCUT2D eigenvalue weighted by molar-refractivity contribution is 7.14. The van der Waals surface area contributed by atoms with Gasteiger partial charge in [-0.2, -0.15) is 0 Å². The molecule has 0 aliphatic rings. The van der Waals surface area contributed by atoms with Crippen molar-refractivity contribution >= 4 is 16.3 Å². The van der Waals surface area contributed by atoms with Gasteiger partial charge in [0.05, 0.1) is 5.00 Å². The van der Waals surface area contributed by atoms with Crippen LogP contribution in [0.5, 0.6) is 0 Å². The molecule has 10 heavy (non-hydrogen) atoms. The van der Waals surface area contributed by atoms with Gasteiger partial charge in [-0.05, 0) is 30.9 Å². The number of hydrogen-bond donors (Lipinski definition) is 0. The number of anilines is 1. The maximum absolute atomic E-state index is 2.26. The molecule has 1 aromatic heterocycles. The molecule has 0 atom stereocenters. The Labute approximate surface area is 66.3 Å². The molecule has 0 amide bonds. The molecule has 0 unspecified atom stereocenters. The Morgan fingerprint density at radius 3 is 2.70 bits per heavy atom. The van der Waals surface area contributed by atoms with Crippen LogP contribution < -0.4 is 4.90 Å². The second-order valence-electron chi connectivity index (χ2n) is 2.42. The Morgan fingerprint density at radius 2 is 2.30 bits per heavy atom. The third kappa shape index (κ3) is 1.32. The fourth-order valence-corrected chi connectivity index (χ4v) is 1.86. The summed E-state index contributed by atoms with van der Waals surface area (Å²) < 4.78 is 0. The van der Waals surface area contributed by atoms with Gasteiger partial charge in [-0.1, -0.05) is 0 Å². The minimum absolute atomic E-state index is 1.08. The van der Waals surface area contributed by atoms with E-state index in [2.05, 4.69) is 37.2 Å².